The van der Waals surface area contributed by atoms with E-state index in [0.717, 1.165) is 0 Å². The topological polar surface area (TPSA) is 85.3 Å². The summed E-state index contributed by atoms with van der Waals surface area (Å²) < 4.78 is 15.7. The van der Waals surface area contributed by atoms with Crippen molar-refractivity contribution in [2.45, 2.75) is 19.4 Å². The molecule has 1 aromatic rings. The summed E-state index contributed by atoms with van der Waals surface area (Å²) in [7, 11) is 4.61. The minimum absolute atomic E-state index is 0.0639. The number of amides is 1. The van der Waals surface area contributed by atoms with E-state index in [1.807, 2.05) is 0 Å². The lowest BCUT2D eigenvalue weighted by Gasteiger charge is -2.28. The van der Waals surface area contributed by atoms with Crippen LogP contribution in [-0.2, 0) is 14.3 Å². The van der Waals surface area contributed by atoms with Crippen LogP contribution in [0.1, 0.15) is 24.9 Å². The minimum Gasteiger partial charge on any atom is -0.503 e. The van der Waals surface area contributed by atoms with Gasteiger partial charge < -0.3 is 24.2 Å². The minimum atomic E-state index is -0.730. The van der Waals surface area contributed by atoms with Crippen molar-refractivity contribution in [3.05, 3.63) is 35.1 Å². The van der Waals surface area contributed by atoms with Gasteiger partial charge in [0.25, 0.3) is 5.91 Å². The zero-order chi connectivity index (χ0) is 18.6. The van der Waals surface area contributed by atoms with E-state index < -0.39 is 17.7 Å². The van der Waals surface area contributed by atoms with Gasteiger partial charge in [-0.2, -0.15) is 0 Å². The second-order valence-electron chi connectivity index (χ2n) is 5.67. The molecule has 0 saturated carbocycles. The van der Waals surface area contributed by atoms with Crippen LogP contribution in [0.2, 0.25) is 0 Å². The monoisotopic (exact) mass is 349 g/mol. The van der Waals surface area contributed by atoms with Gasteiger partial charge >= 0.3 is 0 Å². The van der Waals surface area contributed by atoms with Gasteiger partial charge in [0.2, 0.25) is 0 Å². The van der Waals surface area contributed by atoms with E-state index >= 15 is 0 Å². The summed E-state index contributed by atoms with van der Waals surface area (Å²) in [6.45, 7) is 2.12. The van der Waals surface area contributed by atoms with Crippen LogP contribution in [0.4, 0.5) is 0 Å². The van der Waals surface area contributed by atoms with Crippen LogP contribution in [0.25, 0.3) is 0 Å². The van der Waals surface area contributed by atoms with Gasteiger partial charge in [-0.1, -0.05) is 0 Å². The van der Waals surface area contributed by atoms with Crippen molar-refractivity contribution in [3.63, 3.8) is 0 Å². The first kappa shape index (κ1) is 18.8. The van der Waals surface area contributed by atoms with Gasteiger partial charge in [0.1, 0.15) is 11.5 Å². The molecule has 1 aliphatic heterocycles. The van der Waals surface area contributed by atoms with Crippen LogP contribution in [-0.4, -0.2) is 56.2 Å². The molecule has 1 aromatic carbocycles. The number of carbonyl (C=O) groups excluding carboxylic acids is 2. The zero-order valence-electron chi connectivity index (χ0n) is 14.9. The van der Waals surface area contributed by atoms with Crippen LogP contribution in [0, 0.1) is 0 Å². The highest BCUT2D eigenvalue weighted by atomic mass is 16.5. The molecule has 25 heavy (non-hydrogen) atoms. The van der Waals surface area contributed by atoms with E-state index in [1.165, 1.54) is 26.0 Å². The van der Waals surface area contributed by atoms with Crippen LogP contribution in [0.15, 0.2) is 29.5 Å². The Hall–Kier alpha value is -2.54. The van der Waals surface area contributed by atoms with E-state index in [9.17, 15) is 14.7 Å². The Morgan fingerprint density at radius 3 is 2.52 bits per heavy atom. The maximum Gasteiger partial charge on any atom is 0.290 e. The lowest BCUT2D eigenvalue weighted by atomic mass is 9.95. The molecule has 7 nitrogen and oxygen atoms in total. The molecule has 0 unspecified atom stereocenters. The van der Waals surface area contributed by atoms with Crippen molar-refractivity contribution in [1.29, 1.82) is 0 Å². The molecule has 1 heterocycles. The third-order valence-corrected chi connectivity index (χ3v) is 4.16. The molecule has 0 fully saturated rings. The number of aliphatic hydroxyl groups excluding tert-OH is 1. The highest BCUT2D eigenvalue weighted by Crippen LogP contribution is 2.42. The summed E-state index contributed by atoms with van der Waals surface area (Å²) in [6, 6.07) is 4.42. The van der Waals surface area contributed by atoms with E-state index in [1.54, 1.807) is 25.3 Å². The van der Waals surface area contributed by atoms with E-state index in [2.05, 4.69) is 0 Å². The molecular formula is C18H23NO6. The first-order chi connectivity index (χ1) is 12.0. The molecule has 1 amide bonds. The fourth-order valence-corrected chi connectivity index (χ4v) is 3.00. The standard InChI is InChI=1S/C18H23NO6/c1-11(20)15-16(13-10-12(24-3)6-7-14(13)25-4)19(8-5-9-23-2)18(22)17(15)21/h6-7,10,16,21H,5,8-9H2,1-4H3/t16-/m1/s1. The molecule has 1 atom stereocenters. The summed E-state index contributed by atoms with van der Waals surface area (Å²) in [4.78, 5) is 26.1. The number of carbonyl (C=O) groups is 2. The largest absolute Gasteiger partial charge is 0.503 e. The molecule has 0 spiro atoms. The maximum absolute atomic E-state index is 12.5. The average Bonchev–Trinajstić information content (AvgIpc) is 2.86. The third kappa shape index (κ3) is 3.61. The predicted molar refractivity (Wildman–Crippen MR) is 90.8 cm³/mol. The second-order valence-corrected chi connectivity index (χ2v) is 5.67. The molecule has 2 rings (SSSR count). The van der Waals surface area contributed by atoms with Crippen molar-refractivity contribution in [2.24, 2.45) is 0 Å². The number of benzene rings is 1. The highest BCUT2D eigenvalue weighted by Gasteiger charge is 2.43. The second kappa shape index (κ2) is 8.02. The van der Waals surface area contributed by atoms with Crippen molar-refractivity contribution in [3.8, 4) is 11.5 Å². The fourth-order valence-electron chi connectivity index (χ4n) is 3.00. The number of hydrogen-bond donors (Lipinski definition) is 1. The number of nitrogens with zero attached hydrogens (tertiary/aromatic N) is 1. The summed E-state index contributed by atoms with van der Waals surface area (Å²) in [5, 5.41) is 10.2. The molecule has 7 heteroatoms. The van der Waals surface area contributed by atoms with Gasteiger partial charge in [0, 0.05) is 25.8 Å². The summed E-state index contributed by atoms with van der Waals surface area (Å²) in [6.07, 6.45) is 0.573. The first-order valence-corrected chi connectivity index (χ1v) is 7.92. The summed E-state index contributed by atoms with van der Waals surface area (Å²) >= 11 is 0. The first-order valence-electron chi connectivity index (χ1n) is 7.92. The Kier molecular flexibility index (Phi) is 6.03. The SMILES string of the molecule is COCCCN1C(=O)C(O)=C(C(C)=O)[C@H]1c1cc(OC)ccc1OC. The molecule has 1 aliphatic rings. The Morgan fingerprint density at radius 1 is 1.24 bits per heavy atom. The van der Waals surface area contributed by atoms with E-state index in [4.69, 9.17) is 14.2 Å². The van der Waals surface area contributed by atoms with Crippen molar-refractivity contribution in [2.75, 3.05) is 34.5 Å². The summed E-state index contributed by atoms with van der Waals surface area (Å²) in [5.41, 5.74) is 0.649. The van der Waals surface area contributed by atoms with Gasteiger partial charge in [-0.05, 0) is 31.5 Å². The van der Waals surface area contributed by atoms with E-state index in [0.29, 0.717) is 36.6 Å². The number of aliphatic hydroxyl groups is 1. The quantitative estimate of drug-likeness (QED) is 0.723. The number of ether oxygens (including phenoxy) is 3. The van der Waals surface area contributed by atoms with Crippen LogP contribution in [0.5, 0.6) is 11.5 Å². The Balaban J connectivity index is 2.54. The van der Waals surface area contributed by atoms with Gasteiger partial charge in [-0.15, -0.1) is 0 Å². The number of rotatable bonds is 8. The van der Waals surface area contributed by atoms with Crippen molar-refractivity contribution >= 4 is 11.7 Å². The smallest absolute Gasteiger partial charge is 0.290 e. The highest BCUT2D eigenvalue weighted by molar-refractivity contribution is 6.08. The molecule has 0 saturated heterocycles. The van der Waals surface area contributed by atoms with Crippen molar-refractivity contribution < 1.29 is 28.9 Å². The summed E-state index contributed by atoms with van der Waals surface area (Å²) in [5.74, 6) is -0.385. The van der Waals surface area contributed by atoms with Crippen LogP contribution >= 0.6 is 0 Å². The Bertz CT molecular complexity index is 697. The molecule has 136 valence electrons. The van der Waals surface area contributed by atoms with Gasteiger partial charge in [0.15, 0.2) is 11.5 Å². The average molecular weight is 349 g/mol. The lowest BCUT2D eigenvalue weighted by Crippen LogP contribution is -2.32. The number of ketones is 1. The number of methoxy groups -OCH3 is 3. The Labute approximate surface area is 146 Å². The van der Waals surface area contributed by atoms with Crippen LogP contribution in [0.3, 0.4) is 0 Å². The van der Waals surface area contributed by atoms with E-state index in [-0.39, 0.29) is 11.4 Å². The molecule has 0 aromatic heterocycles. The Morgan fingerprint density at radius 2 is 1.96 bits per heavy atom. The zero-order valence-corrected chi connectivity index (χ0v) is 14.9. The third-order valence-electron chi connectivity index (χ3n) is 4.16. The number of hydrogen-bond acceptors (Lipinski definition) is 6. The molecular weight excluding hydrogens is 326 g/mol. The normalized spacial score (nSPS) is 17.2. The number of Topliss-reactive ketones (excluding diaryl/α,β-unsaturated/α-hetero) is 1. The molecule has 0 radical (unpaired) electrons. The predicted octanol–water partition coefficient (Wildman–Crippen LogP) is 2.02. The van der Waals surface area contributed by atoms with Gasteiger partial charge in [-0.25, -0.2) is 0 Å². The maximum atomic E-state index is 12.5. The van der Waals surface area contributed by atoms with Gasteiger partial charge in [-0.3, -0.25) is 9.59 Å². The lowest BCUT2D eigenvalue weighted by molar-refractivity contribution is -0.129. The van der Waals surface area contributed by atoms with Gasteiger partial charge in [0.05, 0.1) is 25.8 Å². The molecule has 0 bridgehead atoms. The molecule has 0 aliphatic carbocycles. The fraction of sp³-hybridized carbons (Fsp3) is 0.444. The van der Waals surface area contributed by atoms with Crippen LogP contribution < -0.4 is 9.47 Å². The van der Waals surface area contributed by atoms with Crippen molar-refractivity contribution in [1.82, 2.24) is 4.90 Å². The molecule has 1 N–H and O–H groups in total.